The number of nitrogens with zero attached hydrogens (tertiary/aromatic N) is 1. The van der Waals surface area contributed by atoms with Gasteiger partial charge in [-0.05, 0) is 6.92 Å². The molecule has 1 heterocycles. The summed E-state index contributed by atoms with van der Waals surface area (Å²) in [5.74, 6) is -0.481. The fourth-order valence-electron chi connectivity index (χ4n) is 0.734. The molecule has 1 aromatic heterocycles. The first-order valence-corrected chi connectivity index (χ1v) is 4.89. The molecule has 1 N–H and O–H groups in total. The van der Waals surface area contributed by atoms with Gasteiger partial charge in [0.05, 0.1) is 6.61 Å². The predicted octanol–water partition coefficient (Wildman–Crippen LogP) is 2.01. The van der Waals surface area contributed by atoms with Crippen LogP contribution in [-0.2, 0) is 4.74 Å². The molecule has 72 valence electrons. The Morgan fingerprint density at radius 2 is 2.46 bits per heavy atom. The summed E-state index contributed by atoms with van der Waals surface area (Å²) < 4.78 is 5.11. The monoisotopic (exact) mass is 220 g/mol. The lowest BCUT2D eigenvalue weighted by Crippen LogP contribution is -2.05. The van der Waals surface area contributed by atoms with Gasteiger partial charge in [0.15, 0.2) is 10.8 Å². The number of ether oxygens (including phenoxy) is 1. The summed E-state index contributed by atoms with van der Waals surface area (Å²) in [6.45, 7) is 2.05. The van der Waals surface area contributed by atoms with Crippen molar-refractivity contribution < 1.29 is 9.53 Å². The molecule has 1 aromatic rings. The number of thiazole rings is 1. The minimum Gasteiger partial charge on any atom is -0.461 e. The number of nitrogens with one attached hydrogen (secondary N) is 1. The number of carbonyl (C=O) groups excluding carboxylic acids is 1. The summed E-state index contributed by atoms with van der Waals surface area (Å²) in [7, 11) is 1.71. The van der Waals surface area contributed by atoms with Crippen molar-refractivity contribution in [2.45, 2.75) is 6.92 Å². The minimum atomic E-state index is -0.481. The molecule has 0 aliphatic carbocycles. The van der Waals surface area contributed by atoms with Crippen molar-refractivity contribution in [1.82, 2.24) is 4.98 Å². The third-order valence-electron chi connectivity index (χ3n) is 1.27. The summed E-state index contributed by atoms with van der Waals surface area (Å²) in [6, 6.07) is 0. The predicted molar refractivity (Wildman–Crippen MR) is 52.6 cm³/mol. The summed E-state index contributed by atoms with van der Waals surface area (Å²) in [6.07, 6.45) is 0. The van der Waals surface area contributed by atoms with E-state index in [4.69, 9.17) is 16.3 Å². The first-order chi connectivity index (χ1) is 6.19. The third-order valence-corrected chi connectivity index (χ3v) is 2.54. The van der Waals surface area contributed by atoms with Gasteiger partial charge < -0.3 is 10.1 Å². The van der Waals surface area contributed by atoms with Crippen LogP contribution in [0.2, 0.25) is 4.34 Å². The van der Waals surface area contributed by atoms with Gasteiger partial charge in [-0.3, -0.25) is 0 Å². The molecule has 0 saturated heterocycles. The maximum absolute atomic E-state index is 11.2. The maximum Gasteiger partial charge on any atom is 0.359 e. The van der Waals surface area contributed by atoms with E-state index >= 15 is 0 Å². The Morgan fingerprint density at radius 1 is 1.77 bits per heavy atom. The van der Waals surface area contributed by atoms with E-state index in [9.17, 15) is 4.79 Å². The van der Waals surface area contributed by atoms with Gasteiger partial charge >= 0.3 is 5.97 Å². The molecule has 0 unspecified atom stereocenters. The van der Waals surface area contributed by atoms with Gasteiger partial charge in [-0.15, -0.1) is 0 Å². The van der Waals surface area contributed by atoms with Crippen molar-refractivity contribution in [2.24, 2.45) is 0 Å². The Kier molecular flexibility index (Phi) is 3.50. The lowest BCUT2D eigenvalue weighted by molar-refractivity contribution is 0.0521. The number of rotatable bonds is 3. The van der Waals surface area contributed by atoms with E-state index in [2.05, 4.69) is 10.3 Å². The minimum absolute atomic E-state index is 0.179. The summed E-state index contributed by atoms with van der Waals surface area (Å²) >= 11 is 6.98. The van der Waals surface area contributed by atoms with Crippen LogP contribution in [-0.4, -0.2) is 24.6 Å². The topological polar surface area (TPSA) is 51.2 Å². The Bertz CT molecular complexity index is 313. The van der Waals surface area contributed by atoms with Crippen molar-refractivity contribution in [3.63, 3.8) is 0 Å². The van der Waals surface area contributed by atoms with Gasteiger partial charge in [0.2, 0.25) is 0 Å². The molecule has 0 aliphatic heterocycles. The summed E-state index contributed by atoms with van der Waals surface area (Å²) in [4.78, 5) is 15.2. The quantitative estimate of drug-likeness (QED) is 0.792. The number of carbonyl (C=O) groups is 1. The number of anilines is 1. The third kappa shape index (κ3) is 2.32. The van der Waals surface area contributed by atoms with E-state index < -0.39 is 5.97 Å². The molecule has 0 fully saturated rings. The molecule has 4 nitrogen and oxygen atoms in total. The second-order valence-electron chi connectivity index (χ2n) is 2.11. The molecule has 0 saturated carbocycles. The fourth-order valence-corrected chi connectivity index (χ4v) is 1.71. The Labute approximate surface area is 84.9 Å². The average molecular weight is 221 g/mol. The largest absolute Gasteiger partial charge is 0.461 e. The molecule has 1 rings (SSSR count). The Balaban J connectivity index is 2.87. The van der Waals surface area contributed by atoms with Gasteiger partial charge in [0, 0.05) is 7.05 Å². The van der Waals surface area contributed by atoms with Crippen molar-refractivity contribution in [3.8, 4) is 0 Å². The van der Waals surface area contributed by atoms with E-state index in [1.807, 2.05) is 0 Å². The average Bonchev–Trinajstić information content (AvgIpc) is 2.47. The van der Waals surface area contributed by atoms with Crippen LogP contribution < -0.4 is 5.32 Å². The molecule has 0 bridgehead atoms. The van der Waals surface area contributed by atoms with Gasteiger partial charge in [-0.1, -0.05) is 22.9 Å². The zero-order valence-corrected chi connectivity index (χ0v) is 8.83. The lowest BCUT2D eigenvalue weighted by Gasteiger charge is -1.96. The van der Waals surface area contributed by atoms with Crippen LogP contribution in [0.15, 0.2) is 0 Å². The highest BCUT2D eigenvalue weighted by molar-refractivity contribution is 7.19. The van der Waals surface area contributed by atoms with Gasteiger partial charge in [0.1, 0.15) is 4.34 Å². The smallest absolute Gasteiger partial charge is 0.359 e. The molecule has 0 atom stereocenters. The molecular weight excluding hydrogens is 212 g/mol. The molecule has 6 heteroatoms. The standard InChI is InChI=1S/C7H9ClN2O2S/c1-3-12-6(11)4-5(8)13-7(9-2)10-4/h3H2,1-2H3,(H,9,10). The van der Waals surface area contributed by atoms with Crippen LogP contribution >= 0.6 is 22.9 Å². The molecule has 0 amide bonds. The molecule has 13 heavy (non-hydrogen) atoms. The van der Waals surface area contributed by atoms with Gasteiger partial charge in [-0.2, -0.15) is 0 Å². The van der Waals surface area contributed by atoms with Crippen LogP contribution in [0.4, 0.5) is 5.13 Å². The fraction of sp³-hybridized carbons (Fsp3) is 0.429. The van der Waals surface area contributed by atoms with Crippen LogP contribution in [0.1, 0.15) is 17.4 Å². The van der Waals surface area contributed by atoms with E-state index in [0.717, 1.165) is 0 Å². The molecule has 0 aliphatic rings. The highest BCUT2D eigenvalue weighted by atomic mass is 35.5. The number of aromatic nitrogens is 1. The van der Waals surface area contributed by atoms with Crippen LogP contribution in [0.5, 0.6) is 0 Å². The second kappa shape index (κ2) is 4.43. The van der Waals surface area contributed by atoms with Gasteiger partial charge in [0.25, 0.3) is 0 Å². The molecular formula is C7H9ClN2O2S. The van der Waals surface area contributed by atoms with Crippen LogP contribution in [0, 0.1) is 0 Å². The van der Waals surface area contributed by atoms with E-state index in [0.29, 0.717) is 16.1 Å². The Morgan fingerprint density at radius 3 is 2.92 bits per heavy atom. The first-order valence-electron chi connectivity index (χ1n) is 3.70. The van der Waals surface area contributed by atoms with Crippen LogP contribution in [0.3, 0.4) is 0 Å². The van der Waals surface area contributed by atoms with Crippen molar-refractivity contribution >= 4 is 34.0 Å². The van der Waals surface area contributed by atoms with E-state index in [1.54, 1.807) is 14.0 Å². The number of esters is 1. The highest BCUT2D eigenvalue weighted by Crippen LogP contribution is 2.27. The number of hydrogen-bond acceptors (Lipinski definition) is 5. The van der Waals surface area contributed by atoms with Crippen molar-refractivity contribution in [1.29, 1.82) is 0 Å². The van der Waals surface area contributed by atoms with Crippen molar-refractivity contribution in [2.75, 3.05) is 19.0 Å². The summed E-state index contributed by atoms with van der Waals surface area (Å²) in [5, 5.41) is 3.41. The highest BCUT2D eigenvalue weighted by Gasteiger charge is 2.17. The lowest BCUT2D eigenvalue weighted by atomic mass is 10.5. The zero-order chi connectivity index (χ0) is 9.84. The number of hydrogen-bond donors (Lipinski definition) is 1. The number of halogens is 1. The maximum atomic E-state index is 11.2. The Hall–Kier alpha value is -0.810. The van der Waals surface area contributed by atoms with E-state index in [-0.39, 0.29) is 5.69 Å². The molecule has 0 aromatic carbocycles. The SMILES string of the molecule is CCOC(=O)c1nc(NC)sc1Cl. The zero-order valence-electron chi connectivity index (χ0n) is 7.26. The first kappa shape index (κ1) is 10.3. The normalized spacial score (nSPS) is 9.77. The van der Waals surface area contributed by atoms with E-state index in [1.165, 1.54) is 11.3 Å². The van der Waals surface area contributed by atoms with Crippen LogP contribution in [0.25, 0.3) is 0 Å². The summed E-state index contributed by atoms with van der Waals surface area (Å²) in [5.41, 5.74) is 0.179. The molecule has 0 spiro atoms. The second-order valence-corrected chi connectivity index (χ2v) is 3.71. The van der Waals surface area contributed by atoms with Crippen molar-refractivity contribution in [3.05, 3.63) is 10.0 Å². The molecule has 0 radical (unpaired) electrons. The van der Waals surface area contributed by atoms with Gasteiger partial charge in [-0.25, -0.2) is 9.78 Å².